The van der Waals surface area contributed by atoms with E-state index in [0.717, 1.165) is 24.0 Å². The molecule has 2 aromatic carbocycles. The van der Waals surface area contributed by atoms with Crippen LogP contribution >= 0.6 is 11.6 Å². The van der Waals surface area contributed by atoms with Gasteiger partial charge in [-0.1, -0.05) is 43.6 Å². The number of hydrogen-bond donors (Lipinski definition) is 2. The predicted octanol–water partition coefficient (Wildman–Crippen LogP) is 4.90. The van der Waals surface area contributed by atoms with Crippen LogP contribution < -0.4 is 15.4 Å². The van der Waals surface area contributed by atoms with Crippen molar-refractivity contribution in [2.75, 3.05) is 19.0 Å². The summed E-state index contributed by atoms with van der Waals surface area (Å²) in [7, 11) is 1.60. The molecule has 2 aromatic rings. The van der Waals surface area contributed by atoms with Gasteiger partial charge in [0.1, 0.15) is 5.75 Å². The lowest BCUT2D eigenvalue weighted by Gasteiger charge is -2.33. The topological polar surface area (TPSA) is 50.4 Å². The van der Waals surface area contributed by atoms with Crippen molar-refractivity contribution in [2.45, 2.75) is 39.2 Å². The summed E-state index contributed by atoms with van der Waals surface area (Å²) < 4.78 is 5.32. The molecule has 1 amide bonds. The van der Waals surface area contributed by atoms with Crippen LogP contribution in [0.2, 0.25) is 5.02 Å². The fraction of sp³-hybridized carbons (Fsp3) is 0.381. The number of ether oxygens (including phenoxy) is 1. The number of rotatable bonds is 8. The Labute approximate surface area is 160 Å². The Kier molecular flexibility index (Phi) is 7.06. The molecule has 0 saturated heterocycles. The second-order valence-electron chi connectivity index (χ2n) is 6.40. The summed E-state index contributed by atoms with van der Waals surface area (Å²) in [4.78, 5) is 12.5. The zero-order valence-corrected chi connectivity index (χ0v) is 16.6. The summed E-state index contributed by atoms with van der Waals surface area (Å²) in [5, 5.41) is 7.09. The molecule has 0 fully saturated rings. The van der Waals surface area contributed by atoms with Gasteiger partial charge >= 0.3 is 0 Å². The van der Waals surface area contributed by atoms with E-state index in [1.165, 1.54) is 0 Å². The molecule has 2 rings (SSSR count). The number of amides is 1. The summed E-state index contributed by atoms with van der Waals surface area (Å²) in [5.41, 5.74) is 2.61. The number of carbonyl (C=O) groups excluding carboxylic acids is 1. The van der Waals surface area contributed by atoms with E-state index in [2.05, 4.69) is 24.5 Å². The van der Waals surface area contributed by atoms with Gasteiger partial charge in [0.15, 0.2) is 0 Å². The summed E-state index contributed by atoms with van der Waals surface area (Å²) in [6, 6.07) is 13.5. The fourth-order valence-electron chi connectivity index (χ4n) is 3.14. The molecule has 4 nitrogen and oxygen atoms in total. The molecule has 0 aliphatic rings. The Hall–Kier alpha value is -2.04. The van der Waals surface area contributed by atoms with Crippen molar-refractivity contribution >= 4 is 23.2 Å². The van der Waals surface area contributed by atoms with E-state index < -0.39 is 0 Å². The monoisotopic (exact) mass is 374 g/mol. The van der Waals surface area contributed by atoms with Crippen molar-refractivity contribution in [1.82, 2.24) is 5.32 Å². The maximum Gasteiger partial charge on any atom is 0.238 e. The van der Waals surface area contributed by atoms with Crippen LogP contribution in [0.1, 0.15) is 37.8 Å². The molecule has 0 unspecified atom stereocenters. The second-order valence-corrected chi connectivity index (χ2v) is 6.84. The first kappa shape index (κ1) is 20.3. The zero-order valence-electron chi connectivity index (χ0n) is 15.9. The highest BCUT2D eigenvalue weighted by molar-refractivity contribution is 6.30. The Morgan fingerprint density at radius 1 is 1.12 bits per heavy atom. The highest BCUT2D eigenvalue weighted by atomic mass is 35.5. The lowest BCUT2D eigenvalue weighted by Crippen LogP contribution is -2.45. The highest BCUT2D eigenvalue weighted by Crippen LogP contribution is 2.30. The second kappa shape index (κ2) is 9.06. The van der Waals surface area contributed by atoms with Crippen LogP contribution in [0.5, 0.6) is 5.75 Å². The minimum Gasteiger partial charge on any atom is -0.495 e. The van der Waals surface area contributed by atoms with Gasteiger partial charge in [-0.25, -0.2) is 0 Å². The van der Waals surface area contributed by atoms with E-state index >= 15 is 0 Å². The minimum absolute atomic E-state index is 0.103. The van der Waals surface area contributed by atoms with Crippen LogP contribution in [-0.2, 0) is 10.3 Å². The number of hydrogen-bond acceptors (Lipinski definition) is 3. The van der Waals surface area contributed by atoms with Crippen molar-refractivity contribution < 1.29 is 9.53 Å². The molecular formula is C21H27ClN2O2. The van der Waals surface area contributed by atoms with Gasteiger partial charge in [0.2, 0.25) is 5.91 Å². The molecule has 0 saturated carbocycles. The summed E-state index contributed by atoms with van der Waals surface area (Å²) >= 11 is 6.01. The quantitative estimate of drug-likeness (QED) is 0.690. The molecule has 5 heteroatoms. The van der Waals surface area contributed by atoms with Crippen molar-refractivity contribution in [1.29, 1.82) is 0 Å². The maximum atomic E-state index is 12.5. The van der Waals surface area contributed by atoms with Crippen molar-refractivity contribution in [3.05, 3.63) is 58.6 Å². The van der Waals surface area contributed by atoms with Gasteiger partial charge in [-0.05, 0) is 55.2 Å². The smallest absolute Gasteiger partial charge is 0.238 e. The first-order chi connectivity index (χ1) is 12.4. The third-order valence-electron chi connectivity index (χ3n) is 4.82. The number of methoxy groups -OCH3 is 1. The third-order valence-corrected chi connectivity index (χ3v) is 5.07. The van der Waals surface area contributed by atoms with Crippen LogP contribution in [0.15, 0.2) is 42.5 Å². The molecular weight excluding hydrogens is 348 g/mol. The molecule has 0 spiro atoms. The third kappa shape index (κ3) is 4.77. The molecule has 140 valence electrons. The normalized spacial score (nSPS) is 11.3. The summed E-state index contributed by atoms with van der Waals surface area (Å²) in [6.07, 6.45) is 1.73. The first-order valence-electron chi connectivity index (χ1n) is 8.89. The van der Waals surface area contributed by atoms with E-state index in [9.17, 15) is 4.79 Å². The lowest BCUT2D eigenvalue weighted by molar-refractivity contribution is -0.115. The molecule has 2 N–H and O–H groups in total. The molecule has 26 heavy (non-hydrogen) atoms. The van der Waals surface area contributed by atoms with Crippen LogP contribution in [0.25, 0.3) is 0 Å². The average Bonchev–Trinajstić information content (AvgIpc) is 2.64. The van der Waals surface area contributed by atoms with E-state index in [1.807, 2.05) is 49.4 Å². The Morgan fingerprint density at radius 2 is 1.77 bits per heavy atom. The molecule has 0 heterocycles. The number of anilines is 1. The Bertz CT molecular complexity index is 740. The largest absolute Gasteiger partial charge is 0.495 e. The zero-order chi connectivity index (χ0) is 19.2. The first-order valence-corrected chi connectivity index (χ1v) is 9.27. The van der Waals surface area contributed by atoms with Crippen LogP contribution in [0.4, 0.5) is 5.69 Å². The van der Waals surface area contributed by atoms with Gasteiger partial charge in [0, 0.05) is 10.6 Å². The van der Waals surface area contributed by atoms with E-state index in [0.29, 0.717) is 16.5 Å². The average molecular weight is 375 g/mol. The van der Waals surface area contributed by atoms with Gasteiger partial charge in [-0.2, -0.15) is 0 Å². The number of nitrogens with one attached hydrogen (secondary N) is 2. The Balaban J connectivity index is 2.10. The molecule has 0 atom stereocenters. The Morgan fingerprint density at radius 3 is 2.35 bits per heavy atom. The molecule has 0 aromatic heterocycles. The number of benzene rings is 2. The highest BCUT2D eigenvalue weighted by Gasteiger charge is 2.28. The predicted molar refractivity (Wildman–Crippen MR) is 108 cm³/mol. The van der Waals surface area contributed by atoms with E-state index in [1.54, 1.807) is 7.11 Å². The standard InChI is InChI=1S/C21H27ClN2O2/c1-5-21(6-2,16-8-10-17(22)11-9-16)23-14-20(25)24-18-13-15(3)7-12-19(18)26-4/h7-13,23H,5-6,14H2,1-4H3,(H,24,25). The SMILES string of the molecule is CCC(CC)(NCC(=O)Nc1cc(C)ccc1OC)c1ccc(Cl)cc1. The molecule has 0 aliphatic heterocycles. The summed E-state index contributed by atoms with van der Waals surface area (Å²) in [5.74, 6) is 0.549. The summed E-state index contributed by atoms with van der Waals surface area (Å²) in [6.45, 7) is 6.42. The number of aryl methyl sites for hydroxylation is 1. The van der Waals surface area contributed by atoms with Crippen LogP contribution in [-0.4, -0.2) is 19.6 Å². The van der Waals surface area contributed by atoms with Crippen LogP contribution in [0, 0.1) is 6.92 Å². The van der Waals surface area contributed by atoms with Gasteiger partial charge in [-0.3, -0.25) is 10.1 Å². The van der Waals surface area contributed by atoms with E-state index in [-0.39, 0.29) is 18.0 Å². The number of carbonyl (C=O) groups is 1. The molecule has 0 radical (unpaired) electrons. The lowest BCUT2D eigenvalue weighted by atomic mass is 9.84. The number of halogens is 1. The van der Waals surface area contributed by atoms with Crippen molar-refractivity contribution in [3.8, 4) is 5.75 Å². The van der Waals surface area contributed by atoms with Crippen molar-refractivity contribution in [3.63, 3.8) is 0 Å². The van der Waals surface area contributed by atoms with Gasteiger partial charge in [-0.15, -0.1) is 0 Å². The fourth-order valence-corrected chi connectivity index (χ4v) is 3.27. The molecule has 0 aliphatic carbocycles. The van der Waals surface area contributed by atoms with Gasteiger partial charge in [0.05, 0.1) is 19.3 Å². The minimum atomic E-state index is -0.265. The maximum absolute atomic E-state index is 12.5. The van der Waals surface area contributed by atoms with Crippen molar-refractivity contribution in [2.24, 2.45) is 0 Å². The van der Waals surface area contributed by atoms with Gasteiger partial charge < -0.3 is 10.1 Å². The van der Waals surface area contributed by atoms with Crippen LogP contribution in [0.3, 0.4) is 0 Å². The van der Waals surface area contributed by atoms with Gasteiger partial charge in [0.25, 0.3) is 0 Å². The molecule has 0 bridgehead atoms. The van der Waals surface area contributed by atoms with E-state index in [4.69, 9.17) is 16.3 Å².